The van der Waals surface area contributed by atoms with Gasteiger partial charge in [0.25, 0.3) is 11.8 Å². The van der Waals surface area contributed by atoms with Gasteiger partial charge in [0, 0.05) is 18.0 Å². The lowest BCUT2D eigenvalue weighted by atomic mass is 10.1. The third kappa shape index (κ3) is 2.97. The largest absolute Gasteiger partial charge is 0.424 e. The minimum atomic E-state index is -0.640. The van der Waals surface area contributed by atoms with Gasteiger partial charge in [0.1, 0.15) is 5.75 Å². The molecule has 2 heterocycles. The molecule has 0 atom stereocenters. The Morgan fingerprint density at radius 1 is 1.00 bits per heavy atom. The van der Waals surface area contributed by atoms with Crippen molar-refractivity contribution in [3.8, 4) is 11.8 Å². The van der Waals surface area contributed by atoms with E-state index in [4.69, 9.17) is 10.5 Å². The fraction of sp³-hybridized carbons (Fsp3) is 0.0526. The molecule has 0 saturated heterocycles. The van der Waals surface area contributed by atoms with Crippen molar-refractivity contribution in [3.05, 3.63) is 77.4 Å². The topological polar surface area (TPSA) is 98.4 Å². The Bertz CT molecular complexity index is 1060. The number of hydrogen-bond acceptors (Lipinski definition) is 6. The average Bonchev–Trinajstić information content (AvgIpc) is 2.91. The monoisotopic (exact) mass is 364 g/mol. The molecule has 0 aliphatic carbocycles. The third-order valence-corrected chi connectivity index (χ3v) is 4.13. The van der Waals surface area contributed by atoms with Crippen molar-refractivity contribution in [1.29, 1.82) is 0 Å². The molecule has 2 N–H and O–H groups in total. The Balaban J connectivity index is 1.61. The number of benzene rings is 2. The second-order valence-electron chi connectivity index (χ2n) is 5.86. The van der Waals surface area contributed by atoms with E-state index in [0.29, 0.717) is 5.75 Å². The van der Waals surface area contributed by atoms with Gasteiger partial charge in [0.05, 0.1) is 23.4 Å². The Labute approximate surface area is 153 Å². The van der Waals surface area contributed by atoms with E-state index in [9.17, 15) is 14.0 Å². The van der Waals surface area contributed by atoms with Gasteiger partial charge in [0.2, 0.25) is 0 Å². The minimum Gasteiger partial charge on any atom is -0.424 e. The molecule has 3 aromatic rings. The number of rotatable bonds is 4. The van der Waals surface area contributed by atoms with E-state index >= 15 is 0 Å². The predicted octanol–water partition coefficient (Wildman–Crippen LogP) is 2.79. The molecule has 27 heavy (non-hydrogen) atoms. The number of nitrogens with zero attached hydrogens (tertiary/aromatic N) is 3. The van der Waals surface area contributed by atoms with Crippen molar-refractivity contribution in [2.24, 2.45) is 0 Å². The number of carbonyl (C=O) groups excluding carboxylic acids is 2. The van der Waals surface area contributed by atoms with Gasteiger partial charge in [0.15, 0.2) is 5.82 Å². The van der Waals surface area contributed by atoms with Crippen molar-refractivity contribution in [1.82, 2.24) is 14.9 Å². The SMILES string of the molecule is Nc1cccc(CN2C(=O)c3ccc(Oc4ncccn4)cc3C2=O)c1F. The zero-order valence-corrected chi connectivity index (χ0v) is 13.9. The van der Waals surface area contributed by atoms with E-state index in [1.54, 1.807) is 18.2 Å². The summed E-state index contributed by atoms with van der Waals surface area (Å²) in [5, 5.41) is 0. The lowest BCUT2D eigenvalue weighted by Crippen LogP contribution is -2.29. The summed E-state index contributed by atoms with van der Waals surface area (Å²) in [4.78, 5) is 34.1. The number of ether oxygens (including phenoxy) is 1. The molecule has 0 unspecified atom stereocenters. The molecule has 1 aromatic heterocycles. The van der Waals surface area contributed by atoms with Gasteiger partial charge in [-0.1, -0.05) is 12.1 Å². The van der Waals surface area contributed by atoms with Crippen molar-refractivity contribution in [2.75, 3.05) is 5.73 Å². The number of hydrogen-bond donors (Lipinski definition) is 1. The number of carbonyl (C=O) groups is 2. The van der Waals surface area contributed by atoms with E-state index in [0.717, 1.165) is 4.90 Å². The van der Waals surface area contributed by atoms with Crippen molar-refractivity contribution in [2.45, 2.75) is 6.54 Å². The summed E-state index contributed by atoms with van der Waals surface area (Å²) in [7, 11) is 0. The first-order valence-electron chi connectivity index (χ1n) is 8.02. The van der Waals surface area contributed by atoms with Gasteiger partial charge in [-0.2, -0.15) is 0 Å². The maximum atomic E-state index is 14.1. The van der Waals surface area contributed by atoms with Gasteiger partial charge >= 0.3 is 6.01 Å². The lowest BCUT2D eigenvalue weighted by Gasteiger charge is -2.14. The number of nitrogens with two attached hydrogens (primary N) is 1. The second-order valence-corrected chi connectivity index (χ2v) is 5.86. The van der Waals surface area contributed by atoms with Crippen LogP contribution in [0.3, 0.4) is 0 Å². The molecule has 0 radical (unpaired) electrons. The molecule has 4 rings (SSSR count). The normalized spacial score (nSPS) is 13.0. The third-order valence-electron chi connectivity index (χ3n) is 4.13. The number of halogens is 1. The number of anilines is 1. The first-order valence-corrected chi connectivity index (χ1v) is 8.02. The van der Waals surface area contributed by atoms with Gasteiger partial charge in [-0.25, -0.2) is 14.4 Å². The number of fused-ring (bicyclic) bond motifs is 1. The molecule has 0 fully saturated rings. The van der Waals surface area contributed by atoms with Crippen LogP contribution >= 0.6 is 0 Å². The summed E-state index contributed by atoms with van der Waals surface area (Å²) in [6, 6.07) is 10.7. The summed E-state index contributed by atoms with van der Waals surface area (Å²) in [6.07, 6.45) is 3.04. The molecular formula is C19H13FN4O3. The summed E-state index contributed by atoms with van der Waals surface area (Å²) in [5.74, 6) is -1.35. The number of amides is 2. The molecule has 0 bridgehead atoms. The number of aromatic nitrogens is 2. The molecule has 2 amide bonds. The maximum Gasteiger partial charge on any atom is 0.321 e. The van der Waals surface area contributed by atoms with Crippen LogP contribution in [0.5, 0.6) is 11.8 Å². The van der Waals surface area contributed by atoms with Crippen LogP contribution in [0.4, 0.5) is 10.1 Å². The van der Waals surface area contributed by atoms with Gasteiger partial charge in [-0.15, -0.1) is 0 Å². The molecule has 0 spiro atoms. The van der Waals surface area contributed by atoms with Crippen LogP contribution in [0.1, 0.15) is 26.3 Å². The van der Waals surface area contributed by atoms with Crippen LogP contribution < -0.4 is 10.5 Å². The second kappa shape index (κ2) is 6.49. The van der Waals surface area contributed by atoms with Crippen LogP contribution in [0, 0.1) is 5.82 Å². The fourth-order valence-corrected chi connectivity index (χ4v) is 2.81. The Morgan fingerprint density at radius 3 is 2.52 bits per heavy atom. The molecular weight excluding hydrogens is 351 g/mol. The summed E-state index contributed by atoms with van der Waals surface area (Å²) in [5.41, 5.74) is 6.08. The highest BCUT2D eigenvalue weighted by atomic mass is 19.1. The van der Waals surface area contributed by atoms with E-state index in [2.05, 4.69) is 9.97 Å². The van der Waals surface area contributed by atoms with Crippen LogP contribution in [-0.4, -0.2) is 26.7 Å². The molecule has 0 saturated carbocycles. The summed E-state index contributed by atoms with van der Waals surface area (Å²) >= 11 is 0. The Hall–Kier alpha value is -3.81. The minimum absolute atomic E-state index is 0.0392. The van der Waals surface area contributed by atoms with E-state index < -0.39 is 17.6 Å². The predicted molar refractivity (Wildman–Crippen MR) is 93.6 cm³/mol. The first kappa shape index (κ1) is 16.6. The van der Waals surface area contributed by atoms with Gasteiger partial charge < -0.3 is 10.5 Å². The Kier molecular flexibility index (Phi) is 4.00. The van der Waals surface area contributed by atoms with E-state index in [1.165, 1.54) is 36.7 Å². The summed E-state index contributed by atoms with van der Waals surface area (Å²) < 4.78 is 19.6. The van der Waals surface area contributed by atoms with E-state index in [1.807, 2.05) is 0 Å². The summed E-state index contributed by atoms with van der Waals surface area (Å²) in [6.45, 7) is -0.207. The zero-order chi connectivity index (χ0) is 19.0. The molecule has 8 heteroatoms. The van der Waals surface area contributed by atoms with Gasteiger partial charge in [-0.3, -0.25) is 14.5 Å². The number of imide groups is 1. The highest BCUT2D eigenvalue weighted by Gasteiger charge is 2.36. The molecule has 134 valence electrons. The lowest BCUT2D eigenvalue weighted by molar-refractivity contribution is 0.0641. The highest BCUT2D eigenvalue weighted by molar-refractivity contribution is 6.21. The molecule has 2 aromatic carbocycles. The highest BCUT2D eigenvalue weighted by Crippen LogP contribution is 2.30. The van der Waals surface area contributed by atoms with Crippen LogP contribution in [-0.2, 0) is 6.54 Å². The fourth-order valence-electron chi connectivity index (χ4n) is 2.81. The van der Waals surface area contributed by atoms with Crippen LogP contribution in [0.2, 0.25) is 0 Å². The smallest absolute Gasteiger partial charge is 0.321 e. The van der Waals surface area contributed by atoms with Crippen LogP contribution in [0.15, 0.2) is 54.9 Å². The number of nitrogen functional groups attached to an aromatic ring is 1. The van der Waals surface area contributed by atoms with E-state index in [-0.39, 0.29) is 34.9 Å². The van der Waals surface area contributed by atoms with Crippen molar-refractivity contribution < 1.29 is 18.7 Å². The maximum absolute atomic E-state index is 14.1. The quantitative estimate of drug-likeness (QED) is 0.565. The molecule has 1 aliphatic heterocycles. The van der Waals surface area contributed by atoms with Crippen molar-refractivity contribution in [3.63, 3.8) is 0 Å². The first-order chi connectivity index (χ1) is 13.0. The molecule has 7 nitrogen and oxygen atoms in total. The Morgan fingerprint density at radius 2 is 1.74 bits per heavy atom. The van der Waals surface area contributed by atoms with Gasteiger partial charge in [-0.05, 0) is 30.3 Å². The zero-order valence-electron chi connectivity index (χ0n) is 13.9. The average molecular weight is 364 g/mol. The molecule has 1 aliphatic rings. The standard InChI is InChI=1S/C19H13FN4O3/c20-16-11(3-1-4-15(16)21)10-24-17(25)13-6-5-12(9-14(13)18(24)26)27-19-22-7-2-8-23-19/h1-9H,10,21H2. The van der Waals surface area contributed by atoms with Crippen molar-refractivity contribution >= 4 is 17.5 Å². The van der Waals surface area contributed by atoms with Crippen LogP contribution in [0.25, 0.3) is 0 Å².